The van der Waals surface area contributed by atoms with Crippen LogP contribution in [0.2, 0.25) is 0 Å². The van der Waals surface area contributed by atoms with Crippen LogP contribution in [0.5, 0.6) is 5.75 Å². The van der Waals surface area contributed by atoms with E-state index < -0.39 is 0 Å². The zero-order valence-corrected chi connectivity index (χ0v) is 8.34. The molecule has 0 aliphatic carbocycles. The van der Waals surface area contributed by atoms with E-state index >= 15 is 0 Å². The first-order chi connectivity index (χ1) is 6.33. The fourth-order valence-corrected chi connectivity index (χ4v) is 0.772. The predicted molar refractivity (Wildman–Crippen MR) is 55.2 cm³/mol. The monoisotopic (exact) mass is 218 g/mol. The van der Waals surface area contributed by atoms with Crippen LogP contribution < -0.4 is 10.5 Å². The molecule has 14 heavy (non-hydrogen) atoms. The van der Waals surface area contributed by atoms with Crippen LogP contribution in [0.3, 0.4) is 0 Å². The van der Waals surface area contributed by atoms with E-state index in [2.05, 4.69) is 4.98 Å². The van der Waals surface area contributed by atoms with Crippen LogP contribution in [0, 0.1) is 0 Å². The molecule has 1 aromatic rings. The maximum absolute atomic E-state index is 12.7. The summed E-state index contributed by atoms with van der Waals surface area (Å²) in [5, 5.41) is 0. The number of ether oxygens (including phenoxy) is 1. The summed E-state index contributed by atoms with van der Waals surface area (Å²) in [6, 6.07) is 3.43. The molecule has 5 heteroatoms. The smallest absolute Gasteiger partial charge is 0.139 e. The third-order valence-electron chi connectivity index (χ3n) is 1.35. The van der Waals surface area contributed by atoms with Gasteiger partial charge in [-0.2, -0.15) is 0 Å². The second-order valence-corrected chi connectivity index (χ2v) is 2.36. The molecule has 1 aromatic heterocycles. The van der Waals surface area contributed by atoms with Gasteiger partial charge in [0.15, 0.2) is 0 Å². The molecule has 0 spiro atoms. The topological polar surface area (TPSA) is 48.1 Å². The van der Waals surface area contributed by atoms with E-state index in [1.165, 1.54) is 12.3 Å². The van der Waals surface area contributed by atoms with Gasteiger partial charge < -0.3 is 10.5 Å². The van der Waals surface area contributed by atoms with Crippen molar-refractivity contribution in [1.82, 2.24) is 4.98 Å². The predicted octanol–water partition coefficient (Wildman–Crippen LogP) is 1.69. The van der Waals surface area contributed by atoms with Crippen molar-refractivity contribution in [3.63, 3.8) is 0 Å². The molecule has 0 unspecified atom stereocenters. The summed E-state index contributed by atoms with van der Waals surface area (Å²) in [5.74, 6) is 0.175. The molecule has 1 heterocycles. The van der Waals surface area contributed by atoms with Gasteiger partial charge in [0.25, 0.3) is 0 Å². The summed E-state index contributed by atoms with van der Waals surface area (Å²) in [5.41, 5.74) is 5.11. The average molecular weight is 219 g/mol. The molecule has 0 atom stereocenters. The van der Waals surface area contributed by atoms with Crippen molar-refractivity contribution in [1.29, 1.82) is 0 Å². The van der Waals surface area contributed by atoms with Crippen LogP contribution in [0.15, 0.2) is 36.4 Å². The van der Waals surface area contributed by atoms with E-state index in [1.807, 2.05) is 0 Å². The molecule has 0 aliphatic rings. The lowest BCUT2D eigenvalue weighted by Gasteiger charge is -2.02. The minimum Gasteiger partial charge on any atom is -0.485 e. The molecule has 3 nitrogen and oxygen atoms in total. The SMILES string of the molecule is Cl.NC/C=C(/F)COc1cccnc1. The first kappa shape index (κ1) is 12.9. The number of hydrogen-bond acceptors (Lipinski definition) is 3. The average Bonchev–Trinajstić information content (AvgIpc) is 2.17. The van der Waals surface area contributed by atoms with Crippen molar-refractivity contribution in [3.05, 3.63) is 36.4 Å². The molecule has 0 aliphatic heterocycles. The molecular weight excluding hydrogens is 207 g/mol. The van der Waals surface area contributed by atoms with Gasteiger partial charge in [0.05, 0.1) is 6.20 Å². The molecule has 0 aromatic carbocycles. The number of nitrogens with two attached hydrogens (primary N) is 1. The highest BCUT2D eigenvalue weighted by Crippen LogP contribution is 2.08. The second-order valence-electron chi connectivity index (χ2n) is 2.36. The van der Waals surface area contributed by atoms with Crippen molar-refractivity contribution in [2.75, 3.05) is 13.2 Å². The highest BCUT2D eigenvalue weighted by Gasteiger charge is 1.95. The van der Waals surface area contributed by atoms with E-state index in [0.29, 0.717) is 5.75 Å². The van der Waals surface area contributed by atoms with Gasteiger partial charge >= 0.3 is 0 Å². The minimum absolute atomic E-state index is 0. The molecule has 0 saturated heterocycles. The van der Waals surface area contributed by atoms with E-state index in [0.717, 1.165) is 0 Å². The van der Waals surface area contributed by atoms with Crippen LogP contribution >= 0.6 is 12.4 Å². The van der Waals surface area contributed by atoms with Crippen LogP contribution in [-0.2, 0) is 0 Å². The van der Waals surface area contributed by atoms with Crippen LogP contribution in [0.1, 0.15) is 0 Å². The number of pyridine rings is 1. The first-order valence-corrected chi connectivity index (χ1v) is 3.90. The Labute approximate surface area is 88.2 Å². The zero-order valence-electron chi connectivity index (χ0n) is 7.52. The maximum atomic E-state index is 12.7. The third-order valence-corrected chi connectivity index (χ3v) is 1.35. The number of nitrogens with zero attached hydrogens (tertiary/aromatic N) is 1. The normalized spacial score (nSPS) is 10.6. The van der Waals surface area contributed by atoms with Crippen molar-refractivity contribution >= 4 is 12.4 Å². The highest BCUT2D eigenvalue weighted by molar-refractivity contribution is 5.85. The van der Waals surface area contributed by atoms with Gasteiger partial charge in [-0.15, -0.1) is 12.4 Å². The van der Waals surface area contributed by atoms with Crippen molar-refractivity contribution in [2.24, 2.45) is 5.73 Å². The van der Waals surface area contributed by atoms with Crippen LogP contribution in [-0.4, -0.2) is 18.1 Å². The number of hydrogen-bond donors (Lipinski definition) is 1. The maximum Gasteiger partial charge on any atom is 0.139 e. The summed E-state index contributed by atoms with van der Waals surface area (Å²) in [6.07, 6.45) is 4.42. The largest absolute Gasteiger partial charge is 0.485 e. The van der Waals surface area contributed by atoms with Crippen LogP contribution in [0.25, 0.3) is 0 Å². The van der Waals surface area contributed by atoms with Gasteiger partial charge in [-0.05, 0) is 18.2 Å². The van der Waals surface area contributed by atoms with Gasteiger partial charge in [0, 0.05) is 12.7 Å². The summed E-state index contributed by atoms with van der Waals surface area (Å²) < 4.78 is 17.8. The molecule has 1 rings (SSSR count). The van der Waals surface area contributed by atoms with E-state index in [4.69, 9.17) is 10.5 Å². The highest BCUT2D eigenvalue weighted by atomic mass is 35.5. The molecular formula is C9H12ClFN2O. The second kappa shape index (κ2) is 7.29. The lowest BCUT2D eigenvalue weighted by Crippen LogP contribution is -2.01. The minimum atomic E-state index is -0.369. The molecule has 0 amide bonds. The zero-order chi connectivity index (χ0) is 9.52. The van der Waals surface area contributed by atoms with Gasteiger partial charge in [-0.25, -0.2) is 4.39 Å². The summed E-state index contributed by atoms with van der Waals surface area (Å²) in [6.45, 7) is 0.0884. The fourth-order valence-electron chi connectivity index (χ4n) is 0.772. The third kappa shape index (κ3) is 4.79. The quantitative estimate of drug-likeness (QED) is 0.837. The molecule has 0 radical (unpaired) electrons. The van der Waals surface area contributed by atoms with Gasteiger partial charge in [-0.3, -0.25) is 4.98 Å². The van der Waals surface area contributed by atoms with Crippen molar-refractivity contribution in [2.45, 2.75) is 0 Å². The Hall–Kier alpha value is -1.13. The Kier molecular flexibility index (Phi) is 6.70. The molecule has 0 fully saturated rings. The molecule has 0 saturated carbocycles. The first-order valence-electron chi connectivity index (χ1n) is 3.90. The number of aromatic nitrogens is 1. The standard InChI is InChI=1S/C9H11FN2O.ClH/c10-8(3-4-11)7-13-9-2-1-5-12-6-9;/h1-3,5-6H,4,7,11H2;1H/b8-3+;. The fraction of sp³-hybridized carbons (Fsp3) is 0.222. The molecule has 2 N–H and O–H groups in total. The molecule has 78 valence electrons. The summed E-state index contributed by atoms with van der Waals surface area (Å²) in [7, 11) is 0. The Bertz CT molecular complexity index is 279. The molecule has 0 bridgehead atoms. The Balaban J connectivity index is 0.00000169. The van der Waals surface area contributed by atoms with Gasteiger partial charge in [0.1, 0.15) is 18.2 Å². The summed E-state index contributed by atoms with van der Waals surface area (Å²) in [4.78, 5) is 3.82. The Morgan fingerprint density at radius 1 is 1.64 bits per heavy atom. The lowest BCUT2D eigenvalue weighted by atomic mass is 10.4. The number of halogens is 2. The van der Waals surface area contributed by atoms with Crippen molar-refractivity contribution < 1.29 is 9.13 Å². The van der Waals surface area contributed by atoms with Crippen molar-refractivity contribution in [3.8, 4) is 5.75 Å². The number of rotatable bonds is 4. The van der Waals surface area contributed by atoms with Gasteiger partial charge in [0.2, 0.25) is 0 Å². The van der Waals surface area contributed by atoms with Crippen LogP contribution in [0.4, 0.5) is 4.39 Å². The van der Waals surface area contributed by atoms with Gasteiger partial charge in [-0.1, -0.05) is 0 Å². The summed E-state index contributed by atoms with van der Waals surface area (Å²) >= 11 is 0. The van der Waals surface area contributed by atoms with E-state index in [-0.39, 0.29) is 31.4 Å². The Morgan fingerprint density at radius 3 is 3.00 bits per heavy atom. The van der Waals surface area contributed by atoms with E-state index in [1.54, 1.807) is 18.3 Å². The van der Waals surface area contributed by atoms with E-state index in [9.17, 15) is 4.39 Å². The lowest BCUT2D eigenvalue weighted by molar-refractivity contribution is 0.317. The Morgan fingerprint density at radius 2 is 2.43 bits per heavy atom.